The third-order valence-corrected chi connectivity index (χ3v) is 1.69. The maximum absolute atomic E-state index is 4.24. The van der Waals surface area contributed by atoms with Crippen molar-refractivity contribution in [2.24, 2.45) is 4.99 Å². The van der Waals surface area contributed by atoms with Crippen molar-refractivity contribution in [2.75, 3.05) is 13.7 Å². The lowest BCUT2D eigenvalue weighted by Crippen LogP contribution is -2.29. The van der Waals surface area contributed by atoms with Crippen LogP contribution in [0.1, 0.15) is 0 Å². The minimum absolute atomic E-state index is 0.275. The standard InChI is InChI=1S/C8H12N2/c1-4-7-8(5-2)10(3)6-9-7/h4-5,8H,1-2,6H2,3H3. The second-order valence-electron chi connectivity index (χ2n) is 2.37. The van der Waals surface area contributed by atoms with Crippen LogP contribution < -0.4 is 0 Å². The summed E-state index contributed by atoms with van der Waals surface area (Å²) in [4.78, 5) is 6.36. The maximum atomic E-state index is 4.24. The van der Waals surface area contributed by atoms with Gasteiger partial charge in [0.05, 0.1) is 18.4 Å². The van der Waals surface area contributed by atoms with Gasteiger partial charge in [0, 0.05) is 0 Å². The Morgan fingerprint density at radius 1 is 1.70 bits per heavy atom. The van der Waals surface area contributed by atoms with Crippen molar-refractivity contribution in [3.8, 4) is 0 Å². The Morgan fingerprint density at radius 3 is 2.80 bits per heavy atom. The second-order valence-corrected chi connectivity index (χ2v) is 2.37. The molecule has 0 spiro atoms. The summed E-state index contributed by atoms with van der Waals surface area (Å²) in [6.07, 6.45) is 3.67. The lowest BCUT2D eigenvalue weighted by Gasteiger charge is -2.14. The zero-order valence-corrected chi connectivity index (χ0v) is 6.25. The summed E-state index contributed by atoms with van der Waals surface area (Å²) in [7, 11) is 2.02. The Hall–Kier alpha value is -0.890. The summed E-state index contributed by atoms with van der Waals surface area (Å²) in [6.45, 7) is 8.15. The normalized spacial score (nSPS) is 26.1. The number of hydrogen-bond donors (Lipinski definition) is 0. The van der Waals surface area contributed by atoms with Crippen molar-refractivity contribution in [1.82, 2.24) is 4.90 Å². The van der Waals surface area contributed by atoms with Crippen LogP contribution in [-0.2, 0) is 0 Å². The van der Waals surface area contributed by atoms with Crippen LogP contribution in [0.4, 0.5) is 0 Å². The molecule has 0 saturated carbocycles. The van der Waals surface area contributed by atoms with E-state index in [1.807, 2.05) is 13.1 Å². The molecule has 0 fully saturated rings. The zero-order chi connectivity index (χ0) is 7.56. The molecule has 1 aliphatic rings. The van der Waals surface area contributed by atoms with Gasteiger partial charge in [0.25, 0.3) is 0 Å². The zero-order valence-electron chi connectivity index (χ0n) is 6.25. The first-order valence-corrected chi connectivity index (χ1v) is 3.29. The second kappa shape index (κ2) is 2.80. The van der Waals surface area contributed by atoms with Crippen molar-refractivity contribution in [3.63, 3.8) is 0 Å². The molecule has 1 unspecified atom stereocenters. The molecule has 2 nitrogen and oxygen atoms in total. The van der Waals surface area contributed by atoms with Crippen LogP contribution in [0.15, 0.2) is 30.3 Å². The SMILES string of the molecule is C=CC1=NCN(C)C1C=C. The number of aliphatic imine (C=N–C) groups is 1. The number of rotatable bonds is 2. The first-order chi connectivity index (χ1) is 4.79. The fourth-order valence-electron chi connectivity index (χ4n) is 1.09. The van der Waals surface area contributed by atoms with Gasteiger partial charge in [-0.15, -0.1) is 6.58 Å². The lowest BCUT2D eigenvalue weighted by molar-refractivity contribution is 0.371. The Labute approximate surface area is 61.6 Å². The van der Waals surface area contributed by atoms with Crippen LogP contribution in [0.2, 0.25) is 0 Å². The van der Waals surface area contributed by atoms with Gasteiger partial charge < -0.3 is 0 Å². The lowest BCUT2D eigenvalue weighted by atomic mass is 10.2. The topological polar surface area (TPSA) is 15.6 Å². The smallest absolute Gasteiger partial charge is 0.0919 e. The fraction of sp³-hybridized carbons (Fsp3) is 0.375. The van der Waals surface area contributed by atoms with E-state index in [-0.39, 0.29) is 6.04 Å². The molecule has 0 bridgehead atoms. The quantitative estimate of drug-likeness (QED) is 0.518. The van der Waals surface area contributed by atoms with E-state index < -0.39 is 0 Å². The van der Waals surface area contributed by atoms with Crippen LogP contribution >= 0.6 is 0 Å². The Bertz CT molecular complexity index is 182. The van der Waals surface area contributed by atoms with Gasteiger partial charge in [-0.3, -0.25) is 9.89 Å². The molecule has 2 heteroatoms. The summed E-state index contributed by atoms with van der Waals surface area (Å²) in [5.41, 5.74) is 1.03. The van der Waals surface area contributed by atoms with Crippen molar-refractivity contribution < 1.29 is 0 Å². The molecule has 0 radical (unpaired) electrons. The largest absolute Gasteiger partial charge is 0.275 e. The molecule has 54 valence electrons. The van der Waals surface area contributed by atoms with Crippen molar-refractivity contribution in [1.29, 1.82) is 0 Å². The molecule has 1 atom stereocenters. The molecule has 0 amide bonds. The molecule has 10 heavy (non-hydrogen) atoms. The molecule has 1 heterocycles. The molecule has 0 N–H and O–H groups in total. The van der Waals surface area contributed by atoms with Crippen molar-refractivity contribution >= 4 is 5.71 Å². The molecule has 0 aromatic carbocycles. The number of nitrogens with zero attached hydrogens (tertiary/aromatic N) is 2. The van der Waals surface area contributed by atoms with Crippen LogP contribution in [0.3, 0.4) is 0 Å². The maximum Gasteiger partial charge on any atom is 0.0919 e. The number of likely N-dealkylation sites (N-methyl/N-ethyl adjacent to an activating group) is 1. The third kappa shape index (κ3) is 1.02. The van der Waals surface area contributed by atoms with E-state index in [2.05, 4.69) is 23.1 Å². The summed E-state index contributed by atoms with van der Waals surface area (Å²) in [5.74, 6) is 0. The molecule has 1 aliphatic heterocycles. The summed E-state index contributed by atoms with van der Waals surface area (Å²) >= 11 is 0. The fourth-order valence-corrected chi connectivity index (χ4v) is 1.09. The first kappa shape index (κ1) is 7.22. The van der Waals surface area contributed by atoms with Crippen molar-refractivity contribution in [2.45, 2.75) is 6.04 Å². The molecular formula is C8H12N2. The predicted molar refractivity (Wildman–Crippen MR) is 44.2 cm³/mol. The van der Waals surface area contributed by atoms with Gasteiger partial charge in [0.2, 0.25) is 0 Å². The minimum Gasteiger partial charge on any atom is -0.275 e. The van der Waals surface area contributed by atoms with E-state index in [9.17, 15) is 0 Å². The average molecular weight is 136 g/mol. The molecule has 0 aromatic heterocycles. The van der Waals surface area contributed by atoms with E-state index in [1.54, 1.807) is 6.08 Å². The van der Waals surface area contributed by atoms with E-state index in [1.165, 1.54) is 0 Å². The van der Waals surface area contributed by atoms with Gasteiger partial charge in [0.15, 0.2) is 0 Å². The van der Waals surface area contributed by atoms with Gasteiger partial charge in [0.1, 0.15) is 0 Å². The van der Waals surface area contributed by atoms with E-state index in [0.29, 0.717) is 0 Å². The molecule has 0 aliphatic carbocycles. The van der Waals surface area contributed by atoms with Crippen LogP contribution in [-0.4, -0.2) is 30.4 Å². The predicted octanol–water partition coefficient (Wildman–Crippen LogP) is 1.07. The third-order valence-electron chi connectivity index (χ3n) is 1.69. The highest BCUT2D eigenvalue weighted by Crippen LogP contribution is 2.08. The van der Waals surface area contributed by atoms with Crippen LogP contribution in [0, 0.1) is 0 Å². The summed E-state index contributed by atoms with van der Waals surface area (Å²) in [5, 5.41) is 0. The van der Waals surface area contributed by atoms with Gasteiger partial charge >= 0.3 is 0 Å². The monoisotopic (exact) mass is 136 g/mol. The van der Waals surface area contributed by atoms with E-state index >= 15 is 0 Å². The highest BCUT2D eigenvalue weighted by molar-refractivity contribution is 6.01. The van der Waals surface area contributed by atoms with Gasteiger partial charge in [-0.25, -0.2) is 0 Å². The highest BCUT2D eigenvalue weighted by Gasteiger charge is 2.19. The molecule has 0 aromatic rings. The van der Waals surface area contributed by atoms with E-state index in [0.717, 1.165) is 12.4 Å². The Balaban J connectivity index is 2.75. The summed E-state index contributed by atoms with van der Waals surface area (Å²) < 4.78 is 0. The van der Waals surface area contributed by atoms with Gasteiger partial charge in [-0.2, -0.15) is 0 Å². The van der Waals surface area contributed by atoms with Crippen LogP contribution in [0.5, 0.6) is 0 Å². The Morgan fingerprint density at radius 2 is 2.40 bits per heavy atom. The van der Waals surface area contributed by atoms with Gasteiger partial charge in [-0.1, -0.05) is 12.7 Å². The highest BCUT2D eigenvalue weighted by atomic mass is 15.2. The first-order valence-electron chi connectivity index (χ1n) is 3.29. The van der Waals surface area contributed by atoms with E-state index in [4.69, 9.17) is 0 Å². The minimum atomic E-state index is 0.275. The molecule has 0 saturated heterocycles. The number of hydrogen-bond acceptors (Lipinski definition) is 2. The average Bonchev–Trinajstić information content (AvgIpc) is 2.30. The molecule has 1 rings (SSSR count). The Kier molecular flexibility index (Phi) is 2.02. The van der Waals surface area contributed by atoms with Crippen molar-refractivity contribution in [3.05, 3.63) is 25.3 Å². The molecular weight excluding hydrogens is 124 g/mol. The van der Waals surface area contributed by atoms with Crippen LogP contribution in [0.25, 0.3) is 0 Å². The summed E-state index contributed by atoms with van der Waals surface area (Å²) in [6, 6.07) is 0.275. The van der Waals surface area contributed by atoms with Gasteiger partial charge in [-0.05, 0) is 13.1 Å².